The van der Waals surface area contributed by atoms with Gasteiger partial charge < -0.3 is 26.8 Å². The summed E-state index contributed by atoms with van der Waals surface area (Å²) in [5.41, 5.74) is 17.0. The molecule has 0 fully saturated rings. The molecule has 0 saturated heterocycles. The quantitative estimate of drug-likeness (QED) is 0.234. The third-order valence-electron chi connectivity index (χ3n) is 5.30. The fourth-order valence-electron chi connectivity index (χ4n) is 3.42. The van der Waals surface area contributed by atoms with Crippen molar-refractivity contribution in [3.8, 4) is 5.75 Å². The smallest absolute Gasteiger partial charge is 0.430 e. The number of carbonyl (C=O) groups excluding carboxylic acids is 1. The monoisotopic (exact) mass is 518 g/mol. The van der Waals surface area contributed by atoms with Crippen LogP contribution in [0.3, 0.4) is 0 Å². The van der Waals surface area contributed by atoms with Crippen LogP contribution in [0.15, 0.2) is 59.9 Å². The summed E-state index contributed by atoms with van der Waals surface area (Å²) < 4.78 is 57.6. The summed E-state index contributed by atoms with van der Waals surface area (Å²) in [5, 5.41) is 0.654. The molecule has 0 bridgehead atoms. The molecule has 6 N–H and O–H groups in total. The Morgan fingerprint density at radius 1 is 1.11 bits per heavy atom. The molecule has 0 aliphatic rings. The number of nitrogens with zero attached hydrogens (tertiary/aromatic N) is 3. The fraction of sp³-hybridized carbons (Fsp3) is 0.240. The van der Waals surface area contributed by atoms with Gasteiger partial charge in [0.05, 0.1) is 25.2 Å². The maximum atomic E-state index is 13.9. The number of aryl methyl sites for hydroxylation is 1. The molecule has 0 aliphatic heterocycles. The second-order valence-electron chi connectivity index (χ2n) is 8.13. The lowest BCUT2D eigenvalue weighted by Gasteiger charge is -2.24. The zero-order valence-corrected chi connectivity index (χ0v) is 20.1. The first kappa shape index (κ1) is 27.2. The number of nitrogens with two attached hydrogens (primary N) is 3. The Bertz CT molecular complexity index is 1370. The van der Waals surface area contributed by atoms with Gasteiger partial charge in [-0.2, -0.15) is 17.6 Å². The van der Waals surface area contributed by atoms with Gasteiger partial charge in [-0.15, -0.1) is 0 Å². The first-order valence-electron chi connectivity index (χ1n) is 11.1. The number of hydrogen-bond donors (Lipinski definition) is 3. The molecule has 8 nitrogen and oxygen atoms in total. The lowest BCUT2D eigenvalue weighted by atomic mass is 10.1. The number of ether oxygens (including phenoxy) is 1. The largest absolute Gasteiger partial charge is 0.492 e. The maximum absolute atomic E-state index is 13.9. The van der Waals surface area contributed by atoms with E-state index < -0.39 is 23.7 Å². The molecular formula is C25H26F4N6O2. The van der Waals surface area contributed by atoms with E-state index in [1.54, 1.807) is 32.0 Å². The molecule has 0 aliphatic carbocycles. The Kier molecular flexibility index (Phi) is 8.21. The number of fused-ring (bicyclic) bond motifs is 1. The van der Waals surface area contributed by atoms with E-state index in [2.05, 4.69) is 9.97 Å². The van der Waals surface area contributed by atoms with E-state index in [1.165, 1.54) is 17.0 Å². The average molecular weight is 519 g/mol. The number of alkyl halides is 3. The molecule has 0 atom stereocenters. The molecule has 196 valence electrons. The van der Waals surface area contributed by atoms with Crippen LogP contribution in [0.1, 0.15) is 28.5 Å². The number of aromatic nitrogens is 2. The van der Waals surface area contributed by atoms with E-state index in [4.69, 9.17) is 21.9 Å². The van der Waals surface area contributed by atoms with E-state index >= 15 is 0 Å². The third kappa shape index (κ3) is 6.87. The van der Waals surface area contributed by atoms with Crippen LogP contribution in [-0.2, 0) is 6.54 Å². The minimum Gasteiger partial charge on any atom is -0.492 e. The molecular weight excluding hydrogens is 492 g/mol. The highest BCUT2D eigenvalue weighted by Crippen LogP contribution is 2.24. The number of benzene rings is 1. The summed E-state index contributed by atoms with van der Waals surface area (Å²) in [6.45, 7) is 3.22. The van der Waals surface area contributed by atoms with Gasteiger partial charge in [0.25, 0.3) is 5.91 Å². The van der Waals surface area contributed by atoms with Crippen molar-refractivity contribution in [2.24, 2.45) is 11.5 Å². The number of allylic oxidation sites excluding steroid dienone is 3. The van der Waals surface area contributed by atoms with Crippen molar-refractivity contribution in [3.05, 3.63) is 82.7 Å². The van der Waals surface area contributed by atoms with Crippen LogP contribution < -0.4 is 21.9 Å². The van der Waals surface area contributed by atoms with Gasteiger partial charge in [0.1, 0.15) is 23.0 Å². The molecule has 1 aromatic carbocycles. The lowest BCUT2D eigenvalue weighted by Crippen LogP contribution is -2.34. The molecule has 0 saturated carbocycles. The average Bonchev–Trinajstić information content (AvgIpc) is 2.83. The molecule has 3 aromatic rings. The van der Waals surface area contributed by atoms with E-state index in [9.17, 15) is 22.4 Å². The van der Waals surface area contributed by atoms with E-state index in [0.29, 0.717) is 22.8 Å². The van der Waals surface area contributed by atoms with Crippen LogP contribution in [-0.4, -0.2) is 40.1 Å². The van der Waals surface area contributed by atoms with E-state index in [-0.39, 0.29) is 42.4 Å². The molecule has 1 amide bonds. The van der Waals surface area contributed by atoms with Crippen molar-refractivity contribution in [1.82, 2.24) is 14.9 Å². The van der Waals surface area contributed by atoms with Crippen molar-refractivity contribution in [3.63, 3.8) is 0 Å². The topological polar surface area (TPSA) is 133 Å². The lowest BCUT2D eigenvalue weighted by molar-refractivity contribution is -0.0926. The van der Waals surface area contributed by atoms with Gasteiger partial charge in [-0.25, -0.2) is 9.97 Å². The molecule has 12 heteroatoms. The Labute approximate surface area is 210 Å². The number of hydrogen-bond acceptors (Lipinski definition) is 7. The predicted molar refractivity (Wildman–Crippen MR) is 132 cm³/mol. The number of amides is 1. The normalized spacial score (nSPS) is 12.6. The summed E-state index contributed by atoms with van der Waals surface area (Å²) >= 11 is 0. The highest BCUT2D eigenvalue weighted by Gasteiger charge is 2.30. The minimum absolute atomic E-state index is 0.0963. The number of nitrogen functional groups attached to an aromatic ring is 1. The van der Waals surface area contributed by atoms with Crippen molar-refractivity contribution in [1.29, 1.82) is 0 Å². The van der Waals surface area contributed by atoms with Gasteiger partial charge in [0, 0.05) is 16.6 Å². The summed E-state index contributed by atoms with van der Waals surface area (Å²) in [6.07, 6.45) is -3.16. The minimum atomic E-state index is -4.73. The second kappa shape index (κ2) is 11.1. The number of rotatable bonds is 8. The van der Waals surface area contributed by atoms with E-state index in [1.807, 2.05) is 0 Å². The van der Waals surface area contributed by atoms with Crippen LogP contribution in [0.2, 0.25) is 0 Å². The van der Waals surface area contributed by atoms with Gasteiger partial charge in [-0.1, -0.05) is 0 Å². The summed E-state index contributed by atoms with van der Waals surface area (Å²) in [7, 11) is 0. The molecule has 0 unspecified atom stereocenters. The number of pyridine rings is 2. The summed E-state index contributed by atoms with van der Waals surface area (Å²) in [5.74, 6) is -0.716. The van der Waals surface area contributed by atoms with Gasteiger partial charge in [-0.3, -0.25) is 4.79 Å². The molecule has 0 radical (unpaired) electrons. The van der Waals surface area contributed by atoms with Crippen LogP contribution in [0, 0.1) is 12.9 Å². The maximum Gasteiger partial charge on any atom is 0.430 e. The first-order valence-corrected chi connectivity index (χ1v) is 11.1. The van der Waals surface area contributed by atoms with Gasteiger partial charge >= 0.3 is 6.18 Å². The van der Waals surface area contributed by atoms with Crippen molar-refractivity contribution >= 4 is 22.6 Å². The Balaban J connectivity index is 2.01. The van der Waals surface area contributed by atoms with E-state index in [0.717, 1.165) is 17.7 Å². The molecule has 2 aromatic heterocycles. The molecule has 3 rings (SSSR count). The van der Waals surface area contributed by atoms with Crippen LogP contribution in [0.25, 0.3) is 10.9 Å². The highest BCUT2D eigenvalue weighted by atomic mass is 19.4. The third-order valence-corrected chi connectivity index (χ3v) is 5.30. The van der Waals surface area contributed by atoms with Crippen LogP contribution in [0.4, 0.5) is 23.4 Å². The number of carbonyl (C=O) groups is 1. The molecule has 37 heavy (non-hydrogen) atoms. The standard InChI is InChI=1S/C25H26F4N6O2/c1-3-37-20-7-9-22(26)33-19(20)13-35(12-17(30)5-8-21(31)25(27,28)29)24(36)15-4-6-18-16(11-15)10-14(2)23(32)34-18/h4-11H,3,12-13,30-31H2,1-2H3,(H2,32,34)/b17-5-,21-8-. The zero-order chi connectivity index (χ0) is 27.3. The SMILES string of the molecule is CCOc1ccc(F)nc1CN(C/C(N)=C/C=C(\N)C(F)(F)F)C(=O)c1ccc2nc(N)c(C)cc2c1. The Hall–Kier alpha value is -4.35. The van der Waals surface area contributed by atoms with Crippen LogP contribution in [0.5, 0.6) is 5.75 Å². The van der Waals surface area contributed by atoms with Gasteiger partial charge in [-0.05, 0) is 68.0 Å². The van der Waals surface area contributed by atoms with Gasteiger partial charge in [0.2, 0.25) is 5.95 Å². The summed E-state index contributed by atoms with van der Waals surface area (Å²) in [6, 6.07) is 9.03. The number of halogens is 4. The highest BCUT2D eigenvalue weighted by molar-refractivity contribution is 5.98. The zero-order valence-electron chi connectivity index (χ0n) is 20.1. The second-order valence-corrected chi connectivity index (χ2v) is 8.13. The fourth-order valence-corrected chi connectivity index (χ4v) is 3.42. The Morgan fingerprint density at radius 2 is 1.84 bits per heavy atom. The van der Waals surface area contributed by atoms with Gasteiger partial charge in [0.15, 0.2) is 0 Å². The first-order chi connectivity index (χ1) is 17.4. The van der Waals surface area contributed by atoms with Crippen molar-refractivity contribution < 1.29 is 27.1 Å². The summed E-state index contributed by atoms with van der Waals surface area (Å²) in [4.78, 5) is 22.9. The van der Waals surface area contributed by atoms with Crippen molar-refractivity contribution in [2.75, 3.05) is 18.9 Å². The van der Waals surface area contributed by atoms with Crippen molar-refractivity contribution in [2.45, 2.75) is 26.6 Å². The Morgan fingerprint density at radius 3 is 2.51 bits per heavy atom. The number of anilines is 1. The molecule has 0 spiro atoms. The van der Waals surface area contributed by atoms with Crippen LogP contribution >= 0.6 is 0 Å². The molecule has 2 heterocycles. The predicted octanol–water partition coefficient (Wildman–Crippen LogP) is 3.95.